The van der Waals surface area contributed by atoms with Crippen LogP contribution in [-0.2, 0) is 13.0 Å². The summed E-state index contributed by atoms with van der Waals surface area (Å²) < 4.78 is 13.7. The first kappa shape index (κ1) is 18.3. The number of ether oxygens (including phenoxy) is 2. The number of thiophene rings is 1. The summed E-state index contributed by atoms with van der Waals surface area (Å²) in [4.78, 5) is 1.17. The lowest BCUT2D eigenvalue weighted by molar-refractivity contribution is 0.271. The van der Waals surface area contributed by atoms with Crippen molar-refractivity contribution in [1.29, 1.82) is 0 Å². The van der Waals surface area contributed by atoms with Crippen molar-refractivity contribution in [3.8, 4) is 11.5 Å². The van der Waals surface area contributed by atoms with Gasteiger partial charge in [-0.3, -0.25) is 5.10 Å². The van der Waals surface area contributed by atoms with Crippen LogP contribution >= 0.6 is 23.6 Å². The average molecular weight is 389 g/mol. The highest BCUT2D eigenvalue weighted by Crippen LogP contribution is 2.29. The van der Waals surface area contributed by atoms with Gasteiger partial charge in [0.25, 0.3) is 0 Å². The van der Waals surface area contributed by atoms with Crippen molar-refractivity contribution >= 4 is 29.8 Å². The summed E-state index contributed by atoms with van der Waals surface area (Å²) in [5.74, 6) is 2.19. The van der Waals surface area contributed by atoms with Gasteiger partial charge >= 0.3 is 0 Å². The molecule has 3 rings (SSSR count). The van der Waals surface area contributed by atoms with Crippen LogP contribution in [0, 0.1) is 4.77 Å². The first-order valence-corrected chi connectivity index (χ1v) is 9.62. The van der Waals surface area contributed by atoms with Crippen molar-refractivity contribution in [2.45, 2.75) is 26.9 Å². The maximum absolute atomic E-state index is 5.90. The molecular weight excluding hydrogens is 368 g/mol. The molecule has 0 unspecified atom stereocenters. The maximum atomic E-state index is 5.90. The Morgan fingerprint density at radius 1 is 1.27 bits per heavy atom. The Morgan fingerprint density at radius 3 is 2.88 bits per heavy atom. The van der Waals surface area contributed by atoms with Crippen molar-refractivity contribution in [3.63, 3.8) is 0 Å². The van der Waals surface area contributed by atoms with Crippen LogP contribution in [0.25, 0.3) is 0 Å². The van der Waals surface area contributed by atoms with Crippen LogP contribution in [0.2, 0.25) is 0 Å². The second kappa shape index (κ2) is 8.77. The van der Waals surface area contributed by atoms with Crippen LogP contribution in [0.15, 0.2) is 40.8 Å². The highest BCUT2D eigenvalue weighted by molar-refractivity contribution is 7.71. The van der Waals surface area contributed by atoms with E-state index in [9.17, 15) is 0 Å². The summed E-state index contributed by atoms with van der Waals surface area (Å²) in [6.45, 7) is 5.03. The Hall–Kier alpha value is -2.45. The van der Waals surface area contributed by atoms with Gasteiger partial charge in [0.05, 0.1) is 12.8 Å². The van der Waals surface area contributed by atoms with Crippen molar-refractivity contribution < 1.29 is 9.47 Å². The van der Waals surface area contributed by atoms with E-state index in [0.717, 1.165) is 17.8 Å². The van der Waals surface area contributed by atoms with Gasteiger partial charge in [-0.1, -0.05) is 13.0 Å². The Labute approximate surface area is 161 Å². The van der Waals surface area contributed by atoms with E-state index in [1.807, 2.05) is 49.6 Å². The summed E-state index contributed by atoms with van der Waals surface area (Å²) >= 11 is 6.87. The first-order valence-electron chi connectivity index (χ1n) is 8.34. The van der Waals surface area contributed by atoms with Crippen molar-refractivity contribution in [3.05, 3.63) is 56.7 Å². The minimum atomic E-state index is 0.471. The van der Waals surface area contributed by atoms with Gasteiger partial charge in [-0.2, -0.15) is 14.9 Å². The molecule has 0 saturated heterocycles. The van der Waals surface area contributed by atoms with Gasteiger partial charge in [0, 0.05) is 11.3 Å². The normalized spacial score (nSPS) is 11.2. The molecule has 8 heteroatoms. The standard InChI is InChI=1S/C18H20N4O2S2/c1-3-17-20-21-18(25)22(17)19-11-13-7-8-15(16(10-13)23-4-2)24-12-14-6-5-9-26-14/h5-11H,3-4,12H2,1-2H3,(H,21,25)/b19-11-. The quantitative estimate of drug-likeness (QED) is 0.458. The third kappa shape index (κ3) is 4.39. The van der Waals surface area contributed by atoms with Crippen LogP contribution in [0.5, 0.6) is 11.5 Å². The van der Waals surface area contributed by atoms with Gasteiger partial charge < -0.3 is 9.47 Å². The lowest BCUT2D eigenvalue weighted by atomic mass is 10.2. The van der Waals surface area contributed by atoms with Crippen molar-refractivity contribution in [2.75, 3.05) is 6.61 Å². The SMILES string of the molecule is CCOc1cc(/C=N\n2c(CC)n[nH]c2=S)ccc1OCc1cccs1. The number of H-pyrrole nitrogens is 1. The van der Waals surface area contributed by atoms with E-state index in [0.29, 0.717) is 29.5 Å². The zero-order valence-electron chi connectivity index (χ0n) is 14.6. The fourth-order valence-corrected chi connectivity index (χ4v) is 3.15. The number of nitrogens with one attached hydrogen (secondary N) is 1. The smallest absolute Gasteiger partial charge is 0.216 e. The number of hydrogen-bond donors (Lipinski definition) is 1. The van der Waals surface area contributed by atoms with Crippen LogP contribution in [0.3, 0.4) is 0 Å². The molecule has 0 aliphatic rings. The van der Waals surface area contributed by atoms with E-state index in [1.165, 1.54) is 4.88 Å². The highest BCUT2D eigenvalue weighted by atomic mass is 32.1. The molecule has 0 bridgehead atoms. The summed E-state index contributed by atoms with van der Waals surface area (Å²) in [5.41, 5.74) is 0.891. The Bertz CT molecular complexity index is 929. The Morgan fingerprint density at radius 2 is 2.15 bits per heavy atom. The summed E-state index contributed by atoms with van der Waals surface area (Å²) in [5, 5.41) is 13.4. The first-order chi connectivity index (χ1) is 12.7. The van der Waals surface area contributed by atoms with Crippen LogP contribution in [-0.4, -0.2) is 27.7 Å². The highest BCUT2D eigenvalue weighted by Gasteiger charge is 2.07. The molecule has 0 fully saturated rings. The number of nitrogens with zero attached hydrogens (tertiary/aromatic N) is 3. The fourth-order valence-electron chi connectivity index (χ4n) is 2.33. The average Bonchev–Trinajstić information content (AvgIpc) is 3.29. The van der Waals surface area contributed by atoms with Crippen molar-refractivity contribution in [1.82, 2.24) is 14.9 Å². The van der Waals surface area contributed by atoms with E-state index < -0.39 is 0 Å². The molecule has 0 amide bonds. The van der Waals surface area contributed by atoms with Gasteiger partial charge in [-0.25, -0.2) is 0 Å². The third-order valence-corrected chi connectivity index (χ3v) is 4.69. The zero-order chi connectivity index (χ0) is 18.4. The van der Waals surface area contributed by atoms with E-state index in [2.05, 4.69) is 15.3 Å². The predicted octanol–water partition coefficient (Wildman–Crippen LogP) is 4.42. The summed E-state index contributed by atoms with van der Waals surface area (Å²) in [6, 6.07) is 9.80. The molecule has 1 aromatic carbocycles. The summed E-state index contributed by atoms with van der Waals surface area (Å²) in [6.07, 6.45) is 2.47. The second-order valence-electron chi connectivity index (χ2n) is 5.36. The molecule has 1 N–H and O–H groups in total. The van der Waals surface area contributed by atoms with Gasteiger partial charge in [-0.15, -0.1) is 11.3 Å². The number of rotatable bonds is 8. The van der Waals surface area contributed by atoms with Gasteiger partial charge in [0.1, 0.15) is 6.61 Å². The number of hydrogen-bond acceptors (Lipinski definition) is 6. The molecule has 0 spiro atoms. The minimum Gasteiger partial charge on any atom is -0.490 e. The molecule has 0 saturated carbocycles. The predicted molar refractivity (Wildman–Crippen MR) is 106 cm³/mol. The van der Waals surface area contributed by atoms with Crippen molar-refractivity contribution in [2.24, 2.45) is 5.10 Å². The third-order valence-electron chi connectivity index (χ3n) is 3.57. The molecule has 3 aromatic rings. The van der Waals surface area contributed by atoms with E-state index in [1.54, 1.807) is 22.2 Å². The van der Waals surface area contributed by atoms with Gasteiger partial charge in [0.2, 0.25) is 4.77 Å². The monoisotopic (exact) mass is 388 g/mol. The number of aromatic nitrogens is 3. The lowest BCUT2D eigenvalue weighted by Gasteiger charge is -2.12. The Balaban J connectivity index is 1.80. The number of aromatic amines is 1. The lowest BCUT2D eigenvalue weighted by Crippen LogP contribution is -2.00. The van der Waals surface area contributed by atoms with Gasteiger partial charge in [0.15, 0.2) is 17.3 Å². The fraction of sp³-hybridized carbons (Fsp3) is 0.278. The largest absolute Gasteiger partial charge is 0.490 e. The number of benzene rings is 1. The molecule has 136 valence electrons. The molecular formula is C18H20N4O2S2. The van der Waals surface area contributed by atoms with Crippen LogP contribution in [0.1, 0.15) is 30.1 Å². The van der Waals surface area contributed by atoms with E-state index in [-0.39, 0.29) is 0 Å². The molecule has 6 nitrogen and oxygen atoms in total. The molecule has 0 aliphatic heterocycles. The molecule has 0 radical (unpaired) electrons. The van der Waals surface area contributed by atoms with Crippen LogP contribution < -0.4 is 9.47 Å². The molecule has 2 heterocycles. The molecule has 26 heavy (non-hydrogen) atoms. The van der Waals surface area contributed by atoms with E-state index >= 15 is 0 Å². The maximum Gasteiger partial charge on any atom is 0.216 e. The summed E-state index contributed by atoms with van der Waals surface area (Å²) in [7, 11) is 0. The Kier molecular flexibility index (Phi) is 6.19. The molecule has 0 atom stereocenters. The van der Waals surface area contributed by atoms with Gasteiger partial charge in [-0.05, 0) is 54.4 Å². The topological polar surface area (TPSA) is 64.4 Å². The second-order valence-corrected chi connectivity index (χ2v) is 6.78. The number of aryl methyl sites for hydroxylation is 1. The molecule has 0 aliphatic carbocycles. The van der Waals surface area contributed by atoms with E-state index in [4.69, 9.17) is 21.7 Å². The minimum absolute atomic E-state index is 0.471. The van der Waals surface area contributed by atoms with Crippen LogP contribution in [0.4, 0.5) is 0 Å². The molecule has 2 aromatic heterocycles. The zero-order valence-corrected chi connectivity index (χ0v) is 16.3.